The van der Waals surface area contributed by atoms with Crippen LogP contribution in [0.25, 0.3) is 0 Å². The third kappa shape index (κ3) is 17.9. The van der Waals surface area contributed by atoms with Crippen molar-refractivity contribution in [2.45, 2.75) is 64.7 Å². The summed E-state index contributed by atoms with van der Waals surface area (Å²) in [6.45, 7) is 2.86. The highest BCUT2D eigenvalue weighted by atomic mass is 16.1. The standard InChI is InChI=1S/C30H41NO/c1-2-3-4-5-6-7-8-9-10-11-12-13-14-15-16-17-18-19-23-26-30(32)31-28-27-29-24-21-20-22-25-29/h3-4,6-7,9-10,12-13,15-16,18-22,24-25H,2,5,8,11,14,17,23,26-28H2,1H3,(H,31,32)/b4-3-,7-6-,10-9-,13-12-,16-15-,19-18-. The van der Waals surface area contributed by atoms with Gasteiger partial charge in [-0.1, -0.05) is 110 Å². The molecule has 0 saturated carbocycles. The number of carbonyl (C=O) groups is 1. The molecule has 1 rings (SSSR count). The first-order valence-corrected chi connectivity index (χ1v) is 12.0. The molecule has 2 nitrogen and oxygen atoms in total. The molecule has 1 N–H and O–H groups in total. The zero-order chi connectivity index (χ0) is 23.0. The Hall–Kier alpha value is -2.87. The number of hydrogen-bond donors (Lipinski definition) is 1. The van der Waals surface area contributed by atoms with Gasteiger partial charge in [0.25, 0.3) is 0 Å². The van der Waals surface area contributed by atoms with E-state index in [1.165, 1.54) is 5.56 Å². The van der Waals surface area contributed by atoms with Gasteiger partial charge in [-0.25, -0.2) is 0 Å². The van der Waals surface area contributed by atoms with Gasteiger partial charge in [0.05, 0.1) is 0 Å². The van der Waals surface area contributed by atoms with Crippen LogP contribution in [0.3, 0.4) is 0 Å². The Bertz CT molecular complexity index is 750. The van der Waals surface area contributed by atoms with Gasteiger partial charge in [-0.05, 0) is 56.9 Å². The van der Waals surface area contributed by atoms with Crippen molar-refractivity contribution in [2.24, 2.45) is 0 Å². The summed E-state index contributed by atoms with van der Waals surface area (Å²) >= 11 is 0. The molecule has 0 aliphatic carbocycles. The van der Waals surface area contributed by atoms with Crippen LogP contribution in [0.2, 0.25) is 0 Å². The van der Waals surface area contributed by atoms with Gasteiger partial charge in [0, 0.05) is 13.0 Å². The maximum absolute atomic E-state index is 11.8. The summed E-state index contributed by atoms with van der Waals surface area (Å²) in [6, 6.07) is 10.2. The highest BCUT2D eigenvalue weighted by molar-refractivity contribution is 5.75. The second-order valence-corrected chi connectivity index (χ2v) is 7.54. The molecular formula is C30H41NO. The first kappa shape index (κ1) is 27.2. The molecule has 0 radical (unpaired) electrons. The van der Waals surface area contributed by atoms with E-state index in [9.17, 15) is 4.79 Å². The van der Waals surface area contributed by atoms with Gasteiger partial charge in [0.15, 0.2) is 0 Å². The van der Waals surface area contributed by atoms with Crippen LogP contribution >= 0.6 is 0 Å². The molecule has 0 aromatic heterocycles. The molecule has 0 aliphatic rings. The van der Waals surface area contributed by atoms with Crippen molar-refractivity contribution in [1.29, 1.82) is 0 Å². The average Bonchev–Trinajstić information content (AvgIpc) is 2.81. The van der Waals surface area contributed by atoms with E-state index in [4.69, 9.17) is 0 Å². The highest BCUT2D eigenvalue weighted by Gasteiger charge is 1.98. The van der Waals surface area contributed by atoms with Crippen molar-refractivity contribution in [2.75, 3.05) is 6.54 Å². The lowest BCUT2D eigenvalue weighted by atomic mass is 10.1. The van der Waals surface area contributed by atoms with Gasteiger partial charge < -0.3 is 5.32 Å². The minimum absolute atomic E-state index is 0.125. The molecule has 0 spiro atoms. The summed E-state index contributed by atoms with van der Waals surface area (Å²) in [7, 11) is 0. The molecule has 0 aliphatic heterocycles. The van der Waals surface area contributed by atoms with E-state index in [1.807, 2.05) is 18.2 Å². The average molecular weight is 432 g/mol. The SMILES string of the molecule is CC/C=C\C/C=C\C/C=C\C/C=C\C/C=C\C/C=C\CCC(=O)NCCc1ccccc1. The van der Waals surface area contributed by atoms with Crippen molar-refractivity contribution in [1.82, 2.24) is 5.32 Å². The molecule has 32 heavy (non-hydrogen) atoms. The molecule has 1 amide bonds. The molecule has 0 heterocycles. The monoisotopic (exact) mass is 431 g/mol. The molecular weight excluding hydrogens is 390 g/mol. The van der Waals surface area contributed by atoms with Crippen LogP contribution in [0.4, 0.5) is 0 Å². The van der Waals surface area contributed by atoms with Gasteiger partial charge in [0.2, 0.25) is 5.91 Å². The Morgan fingerprint density at radius 2 is 1.16 bits per heavy atom. The van der Waals surface area contributed by atoms with Crippen molar-refractivity contribution in [3.05, 3.63) is 109 Å². The lowest BCUT2D eigenvalue weighted by Gasteiger charge is -2.04. The fourth-order valence-corrected chi connectivity index (χ4v) is 2.93. The van der Waals surface area contributed by atoms with E-state index in [1.54, 1.807) is 0 Å². The summed E-state index contributed by atoms with van der Waals surface area (Å²) in [5, 5.41) is 2.99. The van der Waals surface area contributed by atoms with Crippen molar-refractivity contribution >= 4 is 5.91 Å². The summed E-state index contributed by atoms with van der Waals surface area (Å²) in [6.07, 6.45) is 34.5. The predicted octanol–water partition coefficient (Wildman–Crippen LogP) is 7.82. The molecule has 172 valence electrons. The fraction of sp³-hybridized carbons (Fsp3) is 0.367. The van der Waals surface area contributed by atoms with Gasteiger partial charge in [-0.3, -0.25) is 4.79 Å². The van der Waals surface area contributed by atoms with Crippen molar-refractivity contribution in [3.8, 4) is 0 Å². The minimum atomic E-state index is 0.125. The minimum Gasteiger partial charge on any atom is -0.356 e. The number of allylic oxidation sites excluding steroid dienone is 12. The summed E-state index contributed by atoms with van der Waals surface area (Å²) in [5.41, 5.74) is 1.25. The topological polar surface area (TPSA) is 29.1 Å². The smallest absolute Gasteiger partial charge is 0.220 e. The van der Waals surface area contributed by atoms with Crippen LogP contribution in [0.5, 0.6) is 0 Å². The normalized spacial score (nSPS) is 12.5. The Morgan fingerprint density at radius 3 is 1.66 bits per heavy atom. The largest absolute Gasteiger partial charge is 0.356 e. The van der Waals surface area contributed by atoms with E-state index in [0.29, 0.717) is 13.0 Å². The van der Waals surface area contributed by atoms with Crippen molar-refractivity contribution in [3.63, 3.8) is 0 Å². The van der Waals surface area contributed by atoms with E-state index < -0.39 is 0 Å². The number of benzene rings is 1. The maximum atomic E-state index is 11.8. The number of rotatable bonds is 17. The molecule has 0 fully saturated rings. The van der Waals surface area contributed by atoms with E-state index >= 15 is 0 Å². The summed E-state index contributed by atoms with van der Waals surface area (Å²) in [5.74, 6) is 0.125. The van der Waals surface area contributed by atoms with Crippen molar-refractivity contribution < 1.29 is 4.79 Å². The lowest BCUT2D eigenvalue weighted by Crippen LogP contribution is -2.25. The van der Waals surface area contributed by atoms with Crippen LogP contribution in [0.15, 0.2) is 103 Å². The summed E-state index contributed by atoms with van der Waals surface area (Å²) in [4.78, 5) is 11.8. The molecule has 0 atom stereocenters. The molecule has 1 aromatic carbocycles. The van der Waals surface area contributed by atoms with Crippen LogP contribution in [0, 0.1) is 0 Å². The second kappa shape index (κ2) is 21.4. The molecule has 0 unspecified atom stereocenters. The van der Waals surface area contributed by atoms with Gasteiger partial charge in [-0.2, -0.15) is 0 Å². The van der Waals surface area contributed by atoms with E-state index in [2.05, 4.69) is 97.3 Å². The summed E-state index contributed by atoms with van der Waals surface area (Å²) < 4.78 is 0. The van der Waals surface area contributed by atoms with E-state index in [0.717, 1.165) is 51.4 Å². The number of carbonyl (C=O) groups excluding carboxylic acids is 1. The fourth-order valence-electron chi connectivity index (χ4n) is 2.93. The van der Waals surface area contributed by atoms with Gasteiger partial charge in [-0.15, -0.1) is 0 Å². The molecule has 1 aromatic rings. The Morgan fingerprint density at radius 1 is 0.688 bits per heavy atom. The van der Waals surface area contributed by atoms with Crippen LogP contribution < -0.4 is 5.32 Å². The first-order valence-electron chi connectivity index (χ1n) is 12.0. The van der Waals surface area contributed by atoms with E-state index in [-0.39, 0.29) is 5.91 Å². The third-order valence-corrected chi connectivity index (χ3v) is 4.71. The van der Waals surface area contributed by atoms with Gasteiger partial charge in [0.1, 0.15) is 0 Å². The first-order chi connectivity index (χ1) is 15.8. The Balaban J connectivity index is 1.95. The third-order valence-electron chi connectivity index (χ3n) is 4.71. The molecule has 0 bridgehead atoms. The zero-order valence-corrected chi connectivity index (χ0v) is 19.8. The maximum Gasteiger partial charge on any atom is 0.220 e. The zero-order valence-electron chi connectivity index (χ0n) is 19.8. The van der Waals surface area contributed by atoms with Gasteiger partial charge >= 0.3 is 0 Å². The number of amides is 1. The quantitative estimate of drug-likeness (QED) is 0.250. The highest BCUT2D eigenvalue weighted by Crippen LogP contribution is 2.00. The molecule has 0 saturated heterocycles. The molecule has 2 heteroatoms. The lowest BCUT2D eigenvalue weighted by molar-refractivity contribution is -0.120. The van der Waals surface area contributed by atoms with Crippen LogP contribution in [0.1, 0.15) is 63.9 Å². The van der Waals surface area contributed by atoms with Crippen LogP contribution in [-0.2, 0) is 11.2 Å². The Labute approximate surface area is 196 Å². The number of hydrogen-bond acceptors (Lipinski definition) is 1. The number of nitrogens with one attached hydrogen (secondary N) is 1. The van der Waals surface area contributed by atoms with Crippen LogP contribution in [-0.4, -0.2) is 12.5 Å². The Kier molecular flexibility index (Phi) is 18.1. The predicted molar refractivity (Wildman–Crippen MR) is 141 cm³/mol. The second-order valence-electron chi connectivity index (χ2n) is 7.54.